The average Bonchev–Trinajstić information content (AvgIpc) is 2.61. The first kappa shape index (κ1) is 12.8. The highest BCUT2D eigenvalue weighted by molar-refractivity contribution is 6.30. The van der Waals surface area contributed by atoms with E-state index in [2.05, 4.69) is 11.1 Å². The minimum absolute atomic E-state index is 0.445. The van der Waals surface area contributed by atoms with E-state index in [0.717, 1.165) is 24.3 Å². The SMILES string of the molecule is COc1cccc(CCc2c(Cl)nc(N)n2C)c1. The van der Waals surface area contributed by atoms with E-state index >= 15 is 0 Å². The maximum Gasteiger partial charge on any atom is 0.201 e. The summed E-state index contributed by atoms with van der Waals surface area (Å²) in [4.78, 5) is 4.04. The highest BCUT2D eigenvalue weighted by atomic mass is 35.5. The molecular weight excluding hydrogens is 250 g/mol. The van der Waals surface area contributed by atoms with Gasteiger partial charge in [0.1, 0.15) is 5.75 Å². The third-order valence-electron chi connectivity index (χ3n) is 2.98. The molecule has 1 aromatic heterocycles. The summed E-state index contributed by atoms with van der Waals surface area (Å²) in [5.74, 6) is 1.31. The molecule has 0 aliphatic rings. The van der Waals surface area contributed by atoms with Gasteiger partial charge in [-0.25, -0.2) is 4.98 Å². The predicted molar refractivity (Wildman–Crippen MR) is 73.0 cm³/mol. The van der Waals surface area contributed by atoms with Crippen LogP contribution in [0.15, 0.2) is 24.3 Å². The molecule has 0 radical (unpaired) electrons. The zero-order chi connectivity index (χ0) is 13.1. The van der Waals surface area contributed by atoms with Gasteiger partial charge in [-0.2, -0.15) is 0 Å². The normalized spacial score (nSPS) is 10.6. The number of anilines is 1. The van der Waals surface area contributed by atoms with Crippen LogP contribution in [0.25, 0.3) is 0 Å². The van der Waals surface area contributed by atoms with Gasteiger partial charge < -0.3 is 15.0 Å². The Morgan fingerprint density at radius 2 is 2.17 bits per heavy atom. The molecule has 0 fully saturated rings. The molecule has 1 heterocycles. The lowest BCUT2D eigenvalue weighted by Crippen LogP contribution is -2.03. The van der Waals surface area contributed by atoms with Crippen LogP contribution in [0, 0.1) is 0 Å². The maximum atomic E-state index is 6.04. The molecule has 0 saturated carbocycles. The van der Waals surface area contributed by atoms with Crippen molar-refractivity contribution in [2.24, 2.45) is 7.05 Å². The summed E-state index contributed by atoms with van der Waals surface area (Å²) in [7, 11) is 3.53. The molecule has 0 unspecified atom stereocenters. The van der Waals surface area contributed by atoms with Gasteiger partial charge in [-0.05, 0) is 30.5 Å². The summed E-state index contributed by atoms with van der Waals surface area (Å²) >= 11 is 6.04. The lowest BCUT2D eigenvalue weighted by Gasteiger charge is -2.06. The predicted octanol–water partition coefficient (Wildman–Crippen LogP) is 2.45. The molecule has 1 aromatic carbocycles. The lowest BCUT2D eigenvalue weighted by atomic mass is 10.1. The molecule has 0 atom stereocenters. The molecule has 4 nitrogen and oxygen atoms in total. The Bertz CT molecular complexity index is 551. The third kappa shape index (κ3) is 2.59. The second-order valence-electron chi connectivity index (χ2n) is 4.12. The minimum Gasteiger partial charge on any atom is -0.497 e. The van der Waals surface area contributed by atoms with E-state index in [1.807, 2.05) is 29.8 Å². The molecule has 0 spiro atoms. The Labute approximate surface area is 111 Å². The van der Waals surface area contributed by atoms with Crippen LogP contribution >= 0.6 is 11.6 Å². The molecule has 0 bridgehead atoms. The van der Waals surface area contributed by atoms with Crippen LogP contribution < -0.4 is 10.5 Å². The van der Waals surface area contributed by atoms with Crippen molar-refractivity contribution in [1.82, 2.24) is 9.55 Å². The Balaban J connectivity index is 2.11. The van der Waals surface area contributed by atoms with Gasteiger partial charge in [-0.3, -0.25) is 0 Å². The van der Waals surface area contributed by atoms with Crippen LogP contribution in [-0.2, 0) is 19.9 Å². The molecule has 0 aliphatic heterocycles. The molecule has 0 aliphatic carbocycles. The van der Waals surface area contributed by atoms with Crippen LogP contribution in [0.4, 0.5) is 5.95 Å². The van der Waals surface area contributed by atoms with Crippen molar-refractivity contribution in [3.8, 4) is 5.75 Å². The van der Waals surface area contributed by atoms with Gasteiger partial charge in [0.25, 0.3) is 0 Å². The molecule has 0 saturated heterocycles. The Hall–Kier alpha value is -1.68. The molecule has 18 heavy (non-hydrogen) atoms. The average molecular weight is 266 g/mol. The Kier molecular flexibility index (Phi) is 3.77. The first-order valence-electron chi connectivity index (χ1n) is 5.71. The van der Waals surface area contributed by atoms with Crippen LogP contribution in [0.3, 0.4) is 0 Å². The number of rotatable bonds is 4. The number of nitrogen functional groups attached to an aromatic ring is 1. The highest BCUT2D eigenvalue weighted by Gasteiger charge is 2.10. The number of methoxy groups -OCH3 is 1. The quantitative estimate of drug-likeness (QED) is 0.924. The van der Waals surface area contributed by atoms with Gasteiger partial charge in [-0.15, -0.1) is 0 Å². The number of hydrogen-bond acceptors (Lipinski definition) is 3. The van der Waals surface area contributed by atoms with Crippen molar-refractivity contribution in [2.45, 2.75) is 12.8 Å². The fourth-order valence-electron chi connectivity index (χ4n) is 1.88. The van der Waals surface area contributed by atoms with E-state index in [9.17, 15) is 0 Å². The van der Waals surface area contributed by atoms with E-state index in [4.69, 9.17) is 22.1 Å². The molecule has 2 aromatic rings. The van der Waals surface area contributed by atoms with Crippen molar-refractivity contribution in [3.05, 3.63) is 40.7 Å². The fourth-order valence-corrected chi connectivity index (χ4v) is 2.19. The van der Waals surface area contributed by atoms with E-state index in [1.165, 1.54) is 5.56 Å². The van der Waals surface area contributed by atoms with Gasteiger partial charge in [0.2, 0.25) is 5.95 Å². The van der Waals surface area contributed by atoms with Crippen LogP contribution in [0.5, 0.6) is 5.75 Å². The number of benzene rings is 1. The first-order chi connectivity index (χ1) is 8.61. The molecule has 2 rings (SSSR count). The summed E-state index contributed by atoms with van der Waals surface area (Å²) in [6, 6.07) is 8.00. The van der Waals surface area contributed by atoms with Crippen LogP contribution in [0.1, 0.15) is 11.3 Å². The van der Waals surface area contributed by atoms with Crippen LogP contribution in [-0.4, -0.2) is 16.7 Å². The van der Waals surface area contributed by atoms with E-state index in [0.29, 0.717) is 11.1 Å². The lowest BCUT2D eigenvalue weighted by molar-refractivity contribution is 0.414. The third-order valence-corrected chi connectivity index (χ3v) is 3.29. The monoisotopic (exact) mass is 265 g/mol. The summed E-state index contributed by atoms with van der Waals surface area (Å²) in [5.41, 5.74) is 7.86. The largest absolute Gasteiger partial charge is 0.497 e. The highest BCUT2D eigenvalue weighted by Crippen LogP contribution is 2.20. The van der Waals surface area contributed by atoms with Crippen molar-refractivity contribution < 1.29 is 4.74 Å². The van der Waals surface area contributed by atoms with Gasteiger partial charge in [-0.1, -0.05) is 23.7 Å². The zero-order valence-electron chi connectivity index (χ0n) is 10.5. The summed E-state index contributed by atoms with van der Waals surface area (Å²) in [6.07, 6.45) is 1.67. The molecular formula is C13H16ClN3O. The number of aryl methyl sites for hydroxylation is 1. The second kappa shape index (κ2) is 5.31. The van der Waals surface area contributed by atoms with E-state index in [-0.39, 0.29) is 0 Å². The minimum atomic E-state index is 0.445. The van der Waals surface area contributed by atoms with Crippen molar-refractivity contribution in [1.29, 1.82) is 0 Å². The number of halogens is 1. The summed E-state index contributed by atoms with van der Waals surface area (Å²) in [6.45, 7) is 0. The molecule has 2 N–H and O–H groups in total. The number of imidazole rings is 1. The van der Waals surface area contributed by atoms with Crippen LogP contribution in [0.2, 0.25) is 5.15 Å². The first-order valence-corrected chi connectivity index (χ1v) is 6.09. The van der Waals surface area contributed by atoms with Gasteiger partial charge in [0.15, 0.2) is 5.15 Å². The van der Waals surface area contributed by atoms with Gasteiger partial charge in [0, 0.05) is 7.05 Å². The Morgan fingerprint density at radius 1 is 1.39 bits per heavy atom. The number of nitrogens with two attached hydrogens (primary N) is 1. The fraction of sp³-hybridized carbons (Fsp3) is 0.308. The van der Waals surface area contributed by atoms with E-state index in [1.54, 1.807) is 7.11 Å². The number of nitrogens with zero attached hydrogens (tertiary/aromatic N) is 2. The second-order valence-corrected chi connectivity index (χ2v) is 4.48. The molecule has 0 amide bonds. The van der Waals surface area contributed by atoms with Crippen molar-refractivity contribution in [2.75, 3.05) is 12.8 Å². The van der Waals surface area contributed by atoms with Crippen molar-refractivity contribution in [3.63, 3.8) is 0 Å². The summed E-state index contributed by atoms with van der Waals surface area (Å²) in [5, 5.41) is 0.484. The number of aromatic nitrogens is 2. The van der Waals surface area contributed by atoms with Crippen molar-refractivity contribution >= 4 is 17.5 Å². The smallest absolute Gasteiger partial charge is 0.201 e. The topological polar surface area (TPSA) is 53.1 Å². The zero-order valence-corrected chi connectivity index (χ0v) is 11.2. The standard InChI is InChI=1S/C13H16ClN3O/c1-17-11(12(14)16-13(17)15)7-6-9-4-3-5-10(8-9)18-2/h3-5,8H,6-7H2,1-2H3,(H2,15,16). The number of hydrogen-bond donors (Lipinski definition) is 1. The summed E-state index contributed by atoms with van der Waals surface area (Å²) < 4.78 is 7.02. The van der Waals surface area contributed by atoms with Gasteiger partial charge in [0.05, 0.1) is 12.8 Å². The number of ether oxygens (including phenoxy) is 1. The van der Waals surface area contributed by atoms with Gasteiger partial charge >= 0.3 is 0 Å². The maximum absolute atomic E-state index is 6.04. The molecule has 96 valence electrons. The Morgan fingerprint density at radius 3 is 2.78 bits per heavy atom. The van der Waals surface area contributed by atoms with E-state index < -0.39 is 0 Å². The molecule has 5 heteroatoms.